The van der Waals surface area contributed by atoms with Gasteiger partial charge in [-0.05, 0) is 80.5 Å². The molecule has 0 spiro atoms. The first-order chi connectivity index (χ1) is 16.4. The van der Waals surface area contributed by atoms with Crippen LogP contribution in [0.5, 0.6) is 5.75 Å². The number of halogens is 5. The van der Waals surface area contributed by atoms with Crippen molar-refractivity contribution in [1.82, 2.24) is 0 Å². The molecule has 3 rings (SSSR count). The van der Waals surface area contributed by atoms with Crippen molar-refractivity contribution >= 4 is 16.2 Å². The fourth-order valence-corrected chi connectivity index (χ4v) is 6.60. The van der Waals surface area contributed by atoms with Gasteiger partial charge < -0.3 is 4.74 Å². The summed E-state index contributed by atoms with van der Waals surface area (Å²) in [7, 11) is -9.72. The summed E-state index contributed by atoms with van der Waals surface area (Å²) in [6.45, 7) is 2.24. The predicted molar refractivity (Wildman–Crippen MR) is 132 cm³/mol. The van der Waals surface area contributed by atoms with Gasteiger partial charge in [0.25, 0.3) is 0 Å². The summed E-state index contributed by atoms with van der Waals surface area (Å²) in [6, 6.07) is 2.15. The zero-order valence-corrected chi connectivity index (χ0v) is 21.7. The van der Waals surface area contributed by atoms with E-state index in [4.69, 9.17) is 4.74 Å². The molecule has 2 fully saturated rings. The maximum Gasteiger partial charge on any atom is 0.314 e. The summed E-state index contributed by atoms with van der Waals surface area (Å²) < 4.78 is 69.4. The Hall–Kier alpha value is -1.31. The van der Waals surface area contributed by atoms with E-state index >= 15 is 0 Å². The third kappa shape index (κ3) is 8.94. The summed E-state index contributed by atoms with van der Waals surface area (Å²) in [5, 5.41) is 0. The number of unbranched alkanes of at least 4 members (excludes halogenated alkanes) is 5. The fraction of sp³-hybridized carbons (Fsp3) is 0.741. The van der Waals surface area contributed by atoms with Crippen molar-refractivity contribution in [2.45, 2.75) is 108 Å². The van der Waals surface area contributed by atoms with Crippen LogP contribution < -0.4 is 4.74 Å². The van der Waals surface area contributed by atoms with Crippen molar-refractivity contribution in [2.24, 2.45) is 23.7 Å². The van der Waals surface area contributed by atoms with Gasteiger partial charge in [0.2, 0.25) is 0 Å². The van der Waals surface area contributed by atoms with Gasteiger partial charge in [0.05, 0.1) is 5.92 Å². The second-order valence-electron chi connectivity index (χ2n) is 10.8. The maximum atomic E-state index is 12.8. The summed E-state index contributed by atoms with van der Waals surface area (Å²) >= 11 is 0. The highest BCUT2D eigenvalue weighted by atomic mass is 32.5. The highest BCUT2D eigenvalue weighted by Crippen LogP contribution is 3.02. The summed E-state index contributed by atoms with van der Waals surface area (Å²) in [4.78, 5) is 10.5. The number of benzene rings is 1. The fourth-order valence-electron chi connectivity index (χ4n) is 5.95. The van der Waals surface area contributed by atoms with E-state index in [9.17, 15) is 24.2 Å². The summed E-state index contributed by atoms with van der Waals surface area (Å²) in [5.41, 5.74) is 0. The van der Waals surface area contributed by atoms with Gasteiger partial charge in [-0.25, -0.2) is 0 Å². The first-order valence-electron chi connectivity index (χ1n) is 13.4. The van der Waals surface area contributed by atoms with Crippen molar-refractivity contribution in [3.8, 4) is 5.75 Å². The van der Waals surface area contributed by atoms with Crippen LogP contribution in [0.1, 0.15) is 103 Å². The predicted octanol–water partition coefficient (Wildman–Crippen LogP) is 10.6. The second kappa shape index (κ2) is 11.0. The minimum absolute atomic E-state index is 0.133. The summed E-state index contributed by atoms with van der Waals surface area (Å²) in [6.07, 6.45) is 18.0. The number of hydrogen-bond donors (Lipinski definition) is 0. The van der Waals surface area contributed by atoms with Gasteiger partial charge >= 0.3 is 16.2 Å². The molecule has 0 N–H and O–H groups in total. The van der Waals surface area contributed by atoms with Crippen LogP contribution in [0.25, 0.3) is 0 Å². The Balaban J connectivity index is 1.36. The molecule has 0 heterocycles. The number of carbonyl (C=O) groups is 1. The first-order valence-corrected chi connectivity index (χ1v) is 15.4. The third-order valence-electron chi connectivity index (χ3n) is 8.12. The molecular formula is C27H41F5O2S. The molecule has 0 saturated heterocycles. The lowest BCUT2D eigenvalue weighted by Gasteiger charge is -2.40. The molecule has 0 bridgehead atoms. The molecule has 0 aromatic heterocycles. The highest BCUT2D eigenvalue weighted by molar-refractivity contribution is 8.45. The normalized spacial score (nSPS) is 27.6. The molecule has 0 radical (unpaired) electrons. The Kier molecular flexibility index (Phi) is 8.86. The molecule has 2 aliphatic carbocycles. The van der Waals surface area contributed by atoms with Crippen LogP contribution in [0.2, 0.25) is 0 Å². The van der Waals surface area contributed by atoms with E-state index in [0.717, 1.165) is 36.8 Å². The van der Waals surface area contributed by atoms with Gasteiger partial charge in [-0.3, -0.25) is 4.79 Å². The van der Waals surface area contributed by atoms with Crippen molar-refractivity contribution in [3.05, 3.63) is 24.3 Å². The lowest BCUT2D eigenvalue weighted by molar-refractivity contribution is -0.140. The Morgan fingerprint density at radius 1 is 0.771 bits per heavy atom. The molecule has 2 aliphatic rings. The quantitative estimate of drug-likeness (QED) is 0.125. The molecule has 0 unspecified atom stereocenters. The number of esters is 1. The Morgan fingerprint density at radius 3 is 1.83 bits per heavy atom. The van der Waals surface area contributed by atoms with Gasteiger partial charge in [0.15, 0.2) is 0 Å². The molecule has 202 valence electrons. The van der Waals surface area contributed by atoms with Gasteiger partial charge in [0, 0.05) is 0 Å². The topological polar surface area (TPSA) is 26.3 Å². The lowest BCUT2D eigenvalue weighted by atomic mass is 9.68. The smallest absolute Gasteiger partial charge is 0.314 e. The molecule has 1 aromatic carbocycles. The highest BCUT2D eigenvalue weighted by Gasteiger charge is 2.65. The monoisotopic (exact) mass is 524 g/mol. The van der Waals surface area contributed by atoms with Crippen molar-refractivity contribution < 1.29 is 29.0 Å². The molecular weight excluding hydrogens is 483 g/mol. The van der Waals surface area contributed by atoms with Crippen molar-refractivity contribution in [1.29, 1.82) is 0 Å². The number of rotatable bonds is 11. The zero-order valence-electron chi connectivity index (χ0n) is 20.8. The number of hydrogen-bond acceptors (Lipinski definition) is 2. The lowest BCUT2D eigenvalue weighted by Crippen LogP contribution is -2.30. The average molecular weight is 525 g/mol. The van der Waals surface area contributed by atoms with Gasteiger partial charge in [0.1, 0.15) is 10.6 Å². The Bertz CT molecular complexity index is 809. The van der Waals surface area contributed by atoms with Crippen LogP contribution in [-0.2, 0) is 4.79 Å². The Morgan fingerprint density at radius 2 is 1.29 bits per heavy atom. The molecule has 2 saturated carbocycles. The molecule has 0 amide bonds. The molecule has 1 aromatic rings. The minimum atomic E-state index is -9.72. The zero-order chi connectivity index (χ0) is 25.6. The standard InChI is InChI=1S/C27H41F5O2S/c1-2-3-4-5-6-7-8-21-9-11-22(12-10-21)23-13-15-24(16-14-23)27(33)34-25-17-19-26(20-18-25)35(28,29,30,31)32/h17-24H,2-16H2,1H3/t21-,22-,23-,24-. The van der Waals surface area contributed by atoms with Gasteiger partial charge in [-0.2, -0.15) is 0 Å². The molecule has 8 heteroatoms. The van der Waals surface area contributed by atoms with E-state index in [2.05, 4.69) is 6.92 Å². The Labute approximate surface area is 207 Å². The van der Waals surface area contributed by atoms with Gasteiger partial charge in [-0.15, -0.1) is 0 Å². The average Bonchev–Trinajstić information content (AvgIpc) is 2.81. The van der Waals surface area contributed by atoms with Crippen LogP contribution in [0, 0.1) is 23.7 Å². The van der Waals surface area contributed by atoms with Crippen LogP contribution in [0.15, 0.2) is 29.2 Å². The van der Waals surface area contributed by atoms with Crippen LogP contribution in [0.4, 0.5) is 19.4 Å². The SMILES string of the molecule is CCCCCCCC[C@H]1CC[C@H]([C@H]2CC[C@H](C(=O)Oc3ccc(S(F)(F)(F)(F)F)cc3)CC2)CC1. The molecule has 35 heavy (non-hydrogen) atoms. The van der Waals surface area contributed by atoms with Crippen molar-refractivity contribution in [3.63, 3.8) is 0 Å². The third-order valence-corrected chi connectivity index (χ3v) is 9.28. The molecule has 0 atom stereocenters. The maximum absolute atomic E-state index is 12.8. The molecule has 0 aliphatic heterocycles. The first kappa shape index (κ1) is 28.3. The van der Waals surface area contributed by atoms with E-state index in [1.165, 1.54) is 70.6 Å². The minimum Gasteiger partial charge on any atom is -0.426 e. The summed E-state index contributed by atoms with van der Waals surface area (Å²) in [5.74, 6) is 1.33. The van der Waals surface area contributed by atoms with Gasteiger partial charge in [-0.1, -0.05) is 84.1 Å². The van der Waals surface area contributed by atoms with E-state index in [1.807, 2.05) is 0 Å². The van der Waals surface area contributed by atoms with E-state index < -0.39 is 21.1 Å². The number of ether oxygens (including phenoxy) is 1. The van der Waals surface area contributed by atoms with Crippen molar-refractivity contribution in [2.75, 3.05) is 0 Å². The van der Waals surface area contributed by atoms with E-state index in [1.54, 1.807) is 0 Å². The van der Waals surface area contributed by atoms with E-state index in [0.29, 0.717) is 18.8 Å². The largest absolute Gasteiger partial charge is 0.426 e. The second-order valence-corrected chi connectivity index (χ2v) is 13.2. The van der Waals surface area contributed by atoms with Crippen LogP contribution >= 0.6 is 10.2 Å². The van der Waals surface area contributed by atoms with Crippen LogP contribution in [0.3, 0.4) is 0 Å². The molecule has 2 nitrogen and oxygen atoms in total. The van der Waals surface area contributed by atoms with Crippen LogP contribution in [-0.4, -0.2) is 5.97 Å². The van der Waals surface area contributed by atoms with E-state index in [-0.39, 0.29) is 23.8 Å². The number of carbonyl (C=O) groups excluding carboxylic acids is 1.